The van der Waals surface area contributed by atoms with Crippen molar-refractivity contribution in [3.8, 4) is 5.75 Å². The Morgan fingerprint density at radius 1 is 1.21 bits per heavy atom. The largest absolute Gasteiger partial charge is 0.411 e. The molecule has 0 unspecified atom stereocenters. The van der Waals surface area contributed by atoms with Crippen molar-refractivity contribution in [2.24, 2.45) is 0 Å². The van der Waals surface area contributed by atoms with Crippen LogP contribution in [0.25, 0.3) is 0 Å². The Labute approximate surface area is 95.9 Å². The van der Waals surface area contributed by atoms with Crippen LogP contribution in [0.15, 0.2) is 0 Å². The molecule has 6 heteroatoms. The van der Waals surface area contributed by atoms with Crippen molar-refractivity contribution >= 4 is 40.2 Å². The molecular formula is C8H6Cl3NO2. The summed E-state index contributed by atoms with van der Waals surface area (Å²) >= 11 is 16.7. The molecule has 0 aliphatic carbocycles. The fourth-order valence-corrected chi connectivity index (χ4v) is 1.42. The van der Waals surface area contributed by atoms with Crippen LogP contribution in [0.5, 0.6) is 5.75 Å². The van der Waals surface area contributed by atoms with Gasteiger partial charge in [-0.3, -0.25) is 4.98 Å². The molecule has 14 heavy (non-hydrogen) atoms. The number of ether oxygens (including phenoxy) is 1. The minimum absolute atomic E-state index is 0.0540. The van der Waals surface area contributed by atoms with Gasteiger partial charge in [-0.1, -0.05) is 23.2 Å². The van der Waals surface area contributed by atoms with Crippen LogP contribution in [0.3, 0.4) is 0 Å². The number of pyridine rings is 1. The highest BCUT2D eigenvalue weighted by atomic mass is 35.5. The molecule has 1 aromatic heterocycles. The standard InChI is InChI=1S/C8H6Cl3NO2/c1-3-5(9)7(14-8(11)13)6(10)4(2)12-3/h1-2H3. The third-order valence-corrected chi connectivity index (χ3v) is 2.52. The second kappa shape index (κ2) is 4.34. The van der Waals surface area contributed by atoms with Gasteiger partial charge in [-0.2, -0.15) is 0 Å². The smallest absolute Gasteiger partial charge is 0.409 e. The van der Waals surface area contributed by atoms with Gasteiger partial charge in [-0.05, 0) is 13.8 Å². The minimum atomic E-state index is -0.987. The number of halogens is 3. The first-order valence-corrected chi connectivity index (χ1v) is 4.76. The van der Waals surface area contributed by atoms with Crippen LogP contribution in [-0.2, 0) is 0 Å². The monoisotopic (exact) mass is 253 g/mol. The number of hydrogen-bond acceptors (Lipinski definition) is 3. The first kappa shape index (κ1) is 11.6. The quantitative estimate of drug-likeness (QED) is 0.717. The molecule has 0 spiro atoms. The minimum Gasteiger partial charge on any atom is -0.411 e. The highest BCUT2D eigenvalue weighted by molar-refractivity contribution is 6.61. The summed E-state index contributed by atoms with van der Waals surface area (Å²) in [6.07, 6.45) is 0. The van der Waals surface area contributed by atoms with E-state index in [9.17, 15) is 4.79 Å². The van der Waals surface area contributed by atoms with Gasteiger partial charge < -0.3 is 4.74 Å². The van der Waals surface area contributed by atoms with E-state index in [0.717, 1.165) is 0 Å². The Morgan fingerprint density at radius 2 is 1.64 bits per heavy atom. The van der Waals surface area contributed by atoms with Crippen molar-refractivity contribution in [1.82, 2.24) is 4.98 Å². The van der Waals surface area contributed by atoms with Gasteiger partial charge in [0, 0.05) is 11.6 Å². The number of carbonyl (C=O) groups is 1. The lowest BCUT2D eigenvalue weighted by atomic mass is 10.3. The number of aryl methyl sites for hydroxylation is 2. The SMILES string of the molecule is Cc1nc(C)c(Cl)c(OC(=O)Cl)c1Cl. The average Bonchev–Trinajstić information content (AvgIpc) is 2.09. The zero-order valence-electron chi connectivity index (χ0n) is 7.40. The summed E-state index contributed by atoms with van der Waals surface area (Å²) in [6.45, 7) is 3.36. The zero-order valence-corrected chi connectivity index (χ0v) is 9.67. The average molecular weight is 254 g/mol. The number of carbonyl (C=O) groups excluding carboxylic acids is 1. The Kier molecular flexibility index (Phi) is 3.59. The zero-order chi connectivity index (χ0) is 10.9. The van der Waals surface area contributed by atoms with E-state index in [1.54, 1.807) is 13.8 Å². The fourth-order valence-electron chi connectivity index (χ4n) is 0.945. The maximum Gasteiger partial charge on any atom is 0.409 e. The summed E-state index contributed by atoms with van der Waals surface area (Å²) in [6, 6.07) is 0. The summed E-state index contributed by atoms with van der Waals surface area (Å²) in [5, 5.41) is 0.379. The van der Waals surface area contributed by atoms with Crippen molar-refractivity contribution < 1.29 is 9.53 Å². The summed E-state index contributed by atoms with van der Waals surface area (Å²) < 4.78 is 4.66. The summed E-state index contributed by atoms with van der Waals surface area (Å²) in [5.74, 6) is 0.0540. The first-order valence-electron chi connectivity index (χ1n) is 3.63. The molecule has 76 valence electrons. The van der Waals surface area contributed by atoms with Crippen LogP contribution >= 0.6 is 34.8 Å². The predicted octanol–water partition coefficient (Wildman–Crippen LogP) is 3.74. The third kappa shape index (κ3) is 2.29. The summed E-state index contributed by atoms with van der Waals surface area (Å²) in [4.78, 5) is 14.6. The van der Waals surface area contributed by atoms with Gasteiger partial charge in [0.2, 0.25) is 0 Å². The molecule has 1 aromatic rings. The van der Waals surface area contributed by atoms with Gasteiger partial charge in [-0.15, -0.1) is 0 Å². The lowest BCUT2D eigenvalue weighted by Gasteiger charge is -2.09. The Hall–Kier alpha value is -0.510. The van der Waals surface area contributed by atoms with Gasteiger partial charge in [0.15, 0.2) is 5.75 Å². The molecule has 0 atom stereocenters. The van der Waals surface area contributed by atoms with Gasteiger partial charge >= 0.3 is 5.43 Å². The first-order chi connectivity index (χ1) is 6.43. The van der Waals surface area contributed by atoms with Crippen molar-refractivity contribution in [2.75, 3.05) is 0 Å². The molecule has 0 aliphatic rings. The molecule has 0 aliphatic heterocycles. The van der Waals surface area contributed by atoms with E-state index in [4.69, 9.17) is 34.8 Å². The Bertz CT molecular complexity index is 366. The van der Waals surface area contributed by atoms with Gasteiger partial charge in [0.1, 0.15) is 10.0 Å². The normalized spacial score (nSPS) is 10.1. The summed E-state index contributed by atoms with van der Waals surface area (Å²) in [7, 11) is 0. The van der Waals surface area contributed by atoms with E-state index in [1.807, 2.05) is 0 Å². The van der Waals surface area contributed by atoms with Crippen LogP contribution < -0.4 is 4.74 Å². The molecular weight excluding hydrogens is 248 g/mol. The highest BCUT2D eigenvalue weighted by Crippen LogP contribution is 2.36. The molecule has 0 saturated carbocycles. The molecule has 0 saturated heterocycles. The van der Waals surface area contributed by atoms with E-state index in [-0.39, 0.29) is 15.8 Å². The molecule has 1 rings (SSSR count). The molecule has 3 nitrogen and oxygen atoms in total. The van der Waals surface area contributed by atoms with E-state index in [0.29, 0.717) is 11.4 Å². The third-order valence-electron chi connectivity index (χ3n) is 1.55. The molecule has 0 fully saturated rings. The van der Waals surface area contributed by atoms with E-state index in [1.165, 1.54) is 0 Å². The van der Waals surface area contributed by atoms with Crippen molar-refractivity contribution in [3.63, 3.8) is 0 Å². The lowest BCUT2D eigenvalue weighted by Crippen LogP contribution is -2.01. The van der Waals surface area contributed by atoms with Gasteiger partial charge in [-0.25, -0.2) is 4.79 Å². The van der Waals surface area contributed by atoms with E-state index in [2.05, 4.69) is 9.72 Å². The van der Waals surface area contributed by atoms with Gasteiger partial charge in [0.25, 0.3) is 0 Å². The molecule has 0 bridgehead atoms. The molecule has 0 radical (unpaired) electrons. The van der Waals surface area contributed by atoms with E-state index < -0.39 is 5.43 Å². The second-order valence-corrected chi connectivity index (χ2v) is 3.64. The maximum absolute atomic E-state index is 10.5. The Morgan fingerprint density at radius 3 is 2.00 bits per heavy atom. The highest BCUT2D eigenvalue weighted by Gasteiger charge is 2.16. The molecule has 0 amide bonds. The molecule has 0 N–H and O–H groups in total. The molecule has 1 heterocycles. The van der Waals surface area contributed by atoms with Crippen LogP contribution in [0.4, 0.5) is 4.79 Å². The van der Waals surface area contributed by atoms with E-state index >= 15 is 0 Å². The number of rotatable bonds is 1. The van der Waals surface area contributed by atoms with Crippen molar-refractivity contribution in [3.05, 3.63) is 21.4 Å². The van der Waals surface area contributed by atoms with Crippen molar-refractivity contribution in [2.45, 2.75) is 13.8 Å². The number of hydrogen-bond donors (Lipinski definition) is 0. The lowest BCUT2D eigenvalue weighted by molar-refractivity contribution is 0.225. The van der Waals surface area contributed by atoms with Crippen LogP contribution in [0.1, 0.15) is 11.4 Å². The number of aromatic nitrogens is 1. The van der Waals surface area contributed by atoms with Crippen LogP contribution in [0, 0.1) is 13.8 Å². The van der Waals surface area contributed by atoms with Crippen LogP contribution in [-0.4, -0.2) is 10.4 Å². The Balaban J connectivity index is 3.31. The number of nitrogens with zero attached hydrogens (tertiary/aromatic N) is 1. The topological polar surface area (TPSA) is 39.2 Å². The van der Waals surface area contributed by atoms with Gasteiger partial charge in [0.05, 0.1) is 11.4 Å². The van der Waals surface area contributed by atoms with Crippen LogP contribution in [0.2, 0.25) is 10.0 Å². The predicted molar refractivity (Wildman–Crippen MR) is 55.6 cm³/mol. The summed E-state index contributed by atoms with van der Waals surface area (Å²) in [5.41, 5.74) is 0.0711. The van der Waals surface area contributed by atoms with Crippen molar-refractivity contribution in [1.29, 1.82) is 0 Å². The maximum atomic E-state index is 10.5. The second-order valence-electron chi connectivity index (χ2n) is 2.58. The fraction of sp³-hybridized carbons (Fsp3) is 0.250. The molecule has 0 aromatic carbocycles.